The summed E-state index contributed by atoms with van der Waals surface area (Å²) >= 11 is 0. The lowest BCUT2D eigenvalue weighted by Gasteiger charge is -2.10. The number of hydrogen-bond acceptors (Lipinski definition) is 5. The molecule has 0 amide bonds. The molecular formula is C22H18F3N3O4. The SMILES string of the molecule is COc1cccc2c(Cn3c(C)c(O)n(-c4ccc(OC(F)(F)F)cc4)c3=O)ccnc12. The van der Waals surface area contributed by atoms with E-state index < -0.39 is 17.8 Å². The van der Waals surface area contributed by atoms with E-state index in [9.17, 15) is 23.1 Å². The highest BCUT2D eigenvalue weighted by molar-refractivity contribution is 5.87. The average molecular weight is 445 g/mol. The molecule has 1 N–H and O–H groups in total. The van der Waals surface area contributed by atoms with E-state index in [1.807, 2.05) is 12.1 Å². The standard InChI is InChI=1S/C22H18F3N3O4/c1-13-20(29)28(15-6-8-16(9-7-15)32-22(23,24)25)21(30)27(13)12-14-10-11-26-19-17(14)4-3-5-18(19)31-2/h3-11,29H,12H2,1-2H3. The molecule has 166 valence electrons. The van der Waals surface area contributed by atoms with Crippen LogP contribution >= 0.6 is 0 Å². The number of aromatic hydroxyl groups is 1. The molecule has 10 heteroatoms. The summed E-state index contributed by atoms with van der Waals surface area (Å²) in [4.78, 5) is 17.4. The van der Waals surface area contributed by atoms with Gasteiger partial charge in [-0.05, 0) is 48.9 Å². The van der Waals surface area contributed by atoms with Crippen LogP contribution in [0.2, 0.25) is 0 Å². The highest BCUT2D eigenvalue weighted by Crippen LogP contribution is 2.28. The van der Waals surface area contributed by atoms with E-state index in [4.69, 9.17) is 4.74 Å². The minimum atomic E-state index is -4.82. The van der Waals surface area contributed by atoms with Crippen molar-refractivity contribution in [1.82, 2.24) is 14.1 Å². The van der Waals surface area contributed by atoms with Gasteiger partial charge >= 0.3 is 12.1 Å². The van der Waals surface area contributed by atoms with Gasteiger partial charge in [-0.1, -0.05) is 12.1 Å². The molecule has 32 heavy (non-hydrogen) atoms. The molecule has 0 saturated carbocycles. The first-order valence-electron chi connectivity index (χ1n) is 9.47. The van der Waals surface area contributed by atoms with Crippen LogP contribution in [0.5, 0.6) is 17.4 Å². The van der Waals surface area contributed by atoms with E-state index in [1.54, 1.807) is 32.4 Å². The lowest BCUT2D eigenvalue weighted by Crippen LogP contribution is -2.24. The van der Waals surface area contributed by atoms with E-state index in [1.165, 1.54) is 16.7 Å². The predicted molar refractivity (Wildman–Crippen MR) is 111 cm³/mol. The molecule has 0 atom stereocenters. The van der Waals surface area contributed by atoms with Crippen molar-refractivity contribution in [3.63, 3.8) is 0 Å². The van der Waals surface area contributed by atoms with Crippen LogP contribution in [0.25, 0.3) is 16.6 Å². The number of halogens is 3. The molecule has 4 aromatic rings. The van der Waals surface area contributed by atoms with Crippen LogP contribution < -0.4 is 15.2 Å². The molecule has 0 aliphatic rings. The highest BCUT2D eigenvalue weighted by Gasteiger charge is 2.31. The van der Waals surface area contributed by atoms with Crippen LogP contribution in [0.4, 0.5) is 13.2 Å². The Morgan fingerprint density at radius 2 is 1.81 bits per heavy atom. The smallest absolute Gasteiger partial charge is 0.494 e. The first-order valence-corrected chi connectivity index (χ1v) is 9.47. The van der Waals surface area contributed by atoms with Gasteiger partial charge in [0.15, 0.2) is 0 Å². The van der Waals surface area contributed by atoms with Crippen molar-refractivity contribution in [2.75, 3.05) is 7.11 Å². The Hall–Kier alpha value is -3.95. The largest absolute Gasteiger partial charge is 0.573 e. The number of aromatic nitrogens is 3. The second kappa shape index (κ2) is 7.95. The van der Waals surface area contributed by atoms with Gasteiger partial charge in [0, 0.05) is 11.6 Å². The number of hydrogen-bond donors (Lipinski definition) is 1. The number of ether oxygens (including phenoxy) is 2. The Bertz CT molecular complexity index is 1340. The third kappa shape index (κ3) is 3.86. The summed E-state index contributed by atoms with van der Waals surface area (Å²) in [5.41, 5.74) is 1.38. The molecule has 2 aromatic heterocycles. The van der Waals surface area contributed by atoms with Gasteiger partial charge in [-0.3, -0.25) is 9.55 Å². The molecule has 4 rings (SSSR count). The van der Waals surface area contributed by atoms with Crippen LogP contribution in [0, 0.1) is 6.92 Å². The number of nitrogens with zero attached hydrogens (tertiary/aromatic N) is 3. The molecule has 2 aromatic carbocycles. The summed E-state index contributed by atoms with van der Waals surface area (Å²) in [6, 6.07) is 11.9. The van der Waals surface area contributed by atoms with E-state index in [0.29, 0.717) is 17.0 Å². The van der Waals surface area contributed by atoms with Crippen molar-refractivity contribution in [2.45, 2.75) is 19.8 Å². The lowest BCUT2D eigenvalue weighted by molar-refractivity contribution is -0.274. The van der Waals surface area contributed by atoms with Gasteiger partial charge in [0.25, 0.3) is 0 Å². The maximum atomic E-state index is 13.1. The highest BCUT2D eigenvalue weighted by atomic mass is 19.4. The number of imidazole rings is 1. The van der Waals surface area contributed by atoms with Crippen molar-refractivity contribution < 1.29 is 27.8 Å². The maximum Gasteiger partial charge on any atom is 0.573 e. The minimum absolute atomic E-state index is 0.146. The van der Waals surface area contributed by atoms with Crippen molar-refractivity contribution in [3.8, 4) is 23.1 Å². The maximum absolute atomic E-state index is 13.1. The Morgan fingerprint density at radius 3 is 2.47 bits per heavy atom. The topological polar surface area (TPSA) is 78.5 Å². The summed E-state index contributed by atoms with van der Waals surface area (Å²) in [5, 5.41) is 11.4. The Morgan fingerprint density at radius 1 is 1.09 bits per heavy atom. The Labute approximate surface area is 179 Å². The van der Waals surface area contributed by atoms with Gasteiger partial charge in [0.1, 0.15) is 17.0 Å². The van der Waals surface area contributed by atoms with E-state index in [2.05, 4.69) is 9.72 Å². The van der Waals surface area contributed by atoms with E-state index >= 15 is 0 Å². The first-order chi connectivity index (χ1) is 15.2. The molecular weight excluding hydrogens is 427 g/mol. The molecule has 0 saturated heterocycles. The Kier molecular flexibility index (Phi) is 5.29. The van der Waals surface area contributed by atoms with Crippen LogP contribution in [-0.4, -0.2) is 32.7 Å². The third-order valence-electron chi connectivity index (χ3n) is 5.06. The molecule has 0 fully saturated rings. The monoisotopic (exact) mass is 445 g/mol. The summed E-state index contributed by atoms with van der Waals surface area (Å²) in [6.45, 7) is 1.73. The van der Waals surface area contributed by atoms with Crippen LogP contribution in [-0.2, 0) is 6.54 Å². The fourth-order valence-corrected chi connectivity index (χ4v) is 3.53. The fourth-order valence-electron chi connectivity index (χ4n) is 3.53. The molecule has 0 radical (unpaired) electrons. The van der Waals surface area contributed by atoms with Gasteiger partial charge in [-0.15, -0.1) is 13.2 Å². The van der Waals surface area contributed by atoms with Crippen molar-refractivity contribution in [1.29, 1.82) is 0 Å². The van der Waals surface area contributed by atoms with Gasteiger partial charge in [0.2, 0.25) is 5.88 Å². The van der Waals surface area contributed by atoms with E-state index in [-0.39, 0.29) is 18.1 Å². The zero-order chi connectivity index (χ0) is 23.0. The van der Waals surface area contributed by atoms with Crippen LogP contribution in [0.15, 0.2) is 59.5 Å². The number of pyridine rings is 1. The quantitative estimate of drug-likeness (QED) is 0.499. The van der Waals surface area contributed by atoms with Crippen LogP contribution in [0.3, 0.4) is 0 Å². The van der Waals surface area contributed by atoms with Gasteiger partial charge in [-0.25, -0.2) is 9.36 Å². The summed E-state index contributed by atoms with van der Waals surface area (Å²) in [7, 11) is 1.54. The number of fused-ring (bicyclic) bond motifs is 1. The zero-order valence-corrected chi connectivity index (χ0v) is 17.1. The molecule has 0 spiro atoms. The van der Waals surface area contributed by atoms with E-state index in [0.717, 1.165) is 27.6 Å². The van der Waals surface area contributed by atoms with Gasteiger partial charge in [0.05, 0.1) is 25.0 Å². The molecule has 2 heterocycles. The predicted octanol–water partition coefficient (Wildman–Crippen LogP) is 4.16. The minimum Gasteiger partial charge on any atom is -0.494 e. The third-order valence-corrected chi connectivity index (χ3v) is 5.06. The van der Waals surface area contributed by atoms with Crippen molar-refractivity contribution >= 4 is 10.9 Å². The number of para-hydroxylation sites is 1. The van der Waals surface area contributed by atoms with Crippen molar-refractivity contribution in [2.24, 2.45) is 0 Å². The first kappa shape index (κ1) is 21.3. The number of rotatable bonds is 5. The number of alkyl halides is 3. The average Bonchev–Trinajstić information content (AvgIpc) is 2.96. The fraction of sp³-hybridized carbons (Fsp3) is 0.182. The number of benzene rings is 2. The second-order valence-corrected chi connectivity index (χ2v) is 6.98. The molecule has 0 aliphatic carbocycles. The van der Waals surface area contributed by atoms with Crippen LogP contribution in [0.1, 0.15) is 11.3 Å². The summed E-state index contributed by atoms with van der Waals surface area (Å²) < 4.78 is 48.7. The summed E-state index contributed by atoms with van der Waals surface area (Å²) in [6.07, 6.45) is -3.22. The van der Waals surface area contributed by atoms with Crippen molar-refractivity contribution in [3.05, 3.63) is 76.5 Å². The number of methoxy groups -OCH3 is 1. The Balaban J connectivity index is 1.74. The normalized spacial score (nSPS) is 11.7. The molecule has 0 aliphatic heterocycles. The lowest BCUT2D eigenvalue weighted by atomic mass is 10.1. The van der Waals surface area contributed by atoms with Gasteiger partial charge in [-0.2, -0.15) is 0 Å². The zero-order valence-electron chi connectivity index (χ0n) is 17.1. The molecule has 7 nitrogen and oxygen atoms in total. The summed E-state index contributed by atoms with van der Waals surface area (Å²) in [5.74, 6) is -0.146. The molecule has 0 bridgehead atoms. The van der Waals surface area contributed by atoms with Gasteiger partial charge < -0.3 is 14.6 Å². The molecule has 0 unspecified atom stereocenters. The second-order valence-electron chi connectivity index (χ2n) is 6.98.